The molecule has 1 aliphatic rings. The van der Waals surface area contributed by atoms with Gasteiger partial charge in [0.25, 0.3) is 0 Å². The van der Waals surface area contributed by atoms with Crippen molar-refractivity contribution in [3.8, 4) is 0 Å². The molecule has 122 valence electrons. The fourth-order valence-electron chi connectivity index (χ4n) is 3.12. The zero-order valence-corrected chi connectivity index (χ0v) is 13.2. The van der Waals surface area contributed by atoms with Crippen LogP contribution in [0.4, 0.5) is 4.39 Å². The van der Waals surface area contributed by atoms with Gasteiger partial charge in [0.15, 0.2) is 0 Å². The number of imidazole rings is 1. The Labute approximate surface area is 139 Å². The summed E-state index contributed by atoms with van der Waals surface area (Å²) in [6.45, 7) is 0.547. The van der Waals surface area contributed by atoms with E-state index in [9.17, 15) is 9.18 Å². The number of carbonyl (C=O) groups is 1. The average Bonchev–Trinajstić information content (AvgIpc) is 3.29. The predicted octanol–water partition coefficient (Wildman–Crippen LogP) is 2.86. The molecular weight excluding hydrogens is 305 g/mol. The summed E-state index contributed by atoms with van der Waals surface area (Å²) in [6, 6.07) is 12.1. The summed E-state index contributed by atoms with van der Waals surface area (Å²) >= 11 is 0. The Morgan fingerprint density at radius 3 is 2.71 bits per heavy atom. The first kappa shape index (κ1) is 14.9. The molecule has 0 unspecified atom stereocenters. The van der Waals surface area contributed by atoms with Crippen LogP contribution >= 0.6 is 0 Å². The lowest BCUT2D eigenvalue weighted by Gasteiger charge is -2.15. The number of benzene rings is 1. The van der Waals surface area contributed by atoms with E-state index in [2.05, 4.69) is 10.3 Å². The van der Waals surface area contributed by atoms with Crippen molar-refractivity contribution in [1.29, 1.82) is 0 Å². The number of hydrogen-bond donors (Lipinski definition) is 1. The summed E-state index contributed by atoms with van der Waals surface area (Å²) in [5, 5.41) is 3.01. The lowest BCUT2D eigenvalue weighted by Crippen LogP contribution is -2.36. The molecule has 0 spiro atoms. The minimum atomic E-state index is -0.466. The van der Waals surface area contributed by atoms with Gasteiger partial charge in [0.2, 0.25) is 5.91 Å². The standard InChI is InChI=1S/C19H18FN3O/c20-15-6-4-14(5-7-15)19(9-10-19)18(24)21-11-8-16-13-23-12-2-1-3-17(23)22-16/h1-7,12-13H,8-11H2,(H,21,24). The minimum absolute atomic E-state index is 0.0258. The predicted molar refractivity (Wildman–Crippen MR) is 89.2 cm³/mol. The van der Waals surface area contributed by atoms with Crippen LogP contribution in [0.2, 0.25) is 0 Å². The van der Waals surface area contributed by atoms with Crippen LogP contribution in [0.25, 0.3) is 5.65 Å². The van der Waals surface area contributed by atoms with Crippen LogP contribution in [-0.2, 0) is 16.6 Å². The summed E-state index contributed by atoms with van der Waals surface area (Å²) in [5.41, 5.74) is 2.29. The second-order valence-electron chi connectivity index (χ2n) is 6.29. The Bertz CT molecular complexity index is 848. The SMILES string of the molecule is O=C(NCCc1cn2ccccc2n1)C1(c2ccc(F)cc2)CC1. The van der Waals surface area contributed by atoms with Crippen molar-refractivity contribution in [3.63, 3.8) is 0 Å². The van der Waals surface area contributed by atoms with Crippen LogP contribution in [0.15, 0.2) is 54.9 Å². The molecule has 0 aliphatic heterocycles. The van der Waals surface area contributed by atoms with Crippen molar-refractivity contribution in [3.05, 3.63) is 71.9 Å². The molecule has 1 fully saturated rings. The maximum absolute atomic E-state index is 13.1. The maximum atomic E-state index is 13.1. The van der Waals surface area contributed by atoms with Gasteiger partial charge in [-0.05, 0) is 42.7 Å². The normalized spacial score (nSPS) is 15.4. The highest BCUT2D eigenvalue weighted by Crippen LogP contribution is 2.48. The van der Waals surface area contributed by atoms with Crippen LogP contribution < -0.4 is 5.32 Å². The lowest BCUT2D eigenvalue weighted by molar-refractivity contribution is -0.123. The number of pyridine rings is 1. The van der Waals surface area contributed by atoms with E-state index in [-0.39, 0.29) is 11.7 Å². The summed E-state index contributed by atoms with van der Waals surface area (Å²) < 4.78 is 15.0. The van der Waals surface area contributed by atoms with Gasteiger partial charge < -0.3 is 9.72 Å². The number of nitrogens with one attached hydrogen (secondary N) is 1. The lowest BCUT2D eigenvalue weighted by atomic mass is 9.95. The molecule has 1 aromatic carbocycles. The zero-order valence-electron chi connectivity index (χ0n) is 13.2. The molecule has 1 saturated carbocycles. The third-order valence-electron chi connectivity index (χ3n) is 4.66. The molecule has 0 atom stereocenters. The average molecular weight is 323 g/mol. The van der Waals surface area contributed by atoms with Crippen molar-refractivity contribution < 1.29 is 9.18 Å². The first-order valence-corrected chi connectivity index (χ1v) is 8.14. The monoisotopic (exact) mass is 323 g/mol. The number of carbonyl (C=O) groups excluding carboxylic acids is 1. The largest absolute Gasteiger partial charge is 0.355 e. The highest BCUT2D eigenvalue weighted by Gasteiger charge is 2.50. The quantitative estimate of drug-likeness (QED) is 0.785. The van der Waals surface area contributed by atoms with E-state index in [0.29, 0.717) is 13.0 Å². The van der Waals surface area contributed by atoms with Gasteiger partial charge in [-0.1, -0.05) is 18.2 Å². The van der Waals surface area contributed by atoms with Gasteiger partial charge in [0.05, 0.1) is 11.1 Å². The van der Waals surface area contributed by atoms with Gasteiger partial charge in [0.1, 0.15) is 11.5 Å². The van der Waals surface area contributed by atoms with Gasteiger partial charge in [0, 0.05) is 25.4 Å². The first-order valence-electron chi connectivity index (χ1n) is 8.14. The van der Waals surface area contributed by atoms with E-state index < -0.39 is 5.41 Å². The summed E-state index contributed by atoms with van der Waals surface area (Å²) in [5.74, 6) is -0.250. The number of amides is 1. The van der Waals surface area contributed by atoms with Crippen LogP contribution in [-0.4, -0.2) is 21.8 Å². The van der Waals surface area contributed by atoms with Crippen molar-refractivity contribution >= 4 is 11.6 Å². The minimum Gasteiger partial charge on any atom is -0.355 e. The van der Waals surface area contributed by atoms with E-state index >= 15 is 0 Å². The van der Waals surface area contributed by atoms with E-state index in [0.717, 1.165) is 29.7 Å². The highest BCUT2D eigenvalue weighted by molar-refractivity contribution is 5.91. The van der Waals surface area contributed by atoms with Crippen LogP contribution in [0.5, 0.6) is 0 Å². The molecule has 0 radical (unpaired) electrons. The molecule has 1 amide bonds. The second kappa shape index (κ2) is 5.74. The number of halogens is 1. The van der Waals surface area contributed by atoms with Gasteiger partial charge >= 0.3 is 0 Å². The number of aromatic nitrogens is 2. The molecule has 4 nitrogen and oxygen atoms in total. The molecule has 2 aromatic heterocycles. The van der Waals surface area contributed by atoms with Crippen molar-refractivity contribution in [2.45, 2.75) is 24.7 Å². The van der Waals surface area contributed by atoms with Gasteiger partial charge in [-0.15, -0.1) is 0 Å². The number of rotatable bonds is 5. The maximum Gasteiger partial charge on any atom is 0.230 e. The van der Waals surface area contributed by atoms with Gasteiger partial charge in [-0.3, -0.25) is 4.79 Å². The molecule has 0 saturated heterocycles. The molecule has 0 bridgehead atoms. The number of nitrogens with zero attached hydrogens (tertiary/aromatic N) is 2. The van der Waals surface area contributed by atoms with Crippen LogP contribution in [0.1, 0.15) is 24.1 Å². The van der Waals surface area contributed by atoms with Crippen molar-refractivity contribution in [2.75, 3.05) is 6.54 Å². The molecule has 4 rings (SSSR count). The molecular formula is C19H18FN3O. The fraction of sp³-hybridized carbons (Fsp3) is 0.263. The van der Waals surface area contributed by atoms with E-state index in [1.54, 1.807) is 12.1 Å². The number of hydrogen-bond acceptors (Lipinski definition) is 2. The van der Waals surface area contributed by atoms with Crippen molar-refractivity contribution in [1.82, 2.24) is 14.7 Å². The Morgan fingerprint density at radius 2 is 2.00 bits per heavy atom. The Morgan fingerprint density at radius 1 is 1.21 bits per heavy atom. The van der Waals surface area contributed by atoms with Gasteiger partial charge in [-0.2, -0.15) is 0 Å². The Hall–Kier alpha value is -2.69. The fourth-order valence-corrected chi connectivity index (χ4v) is 3.12. The molecule has 5 heteroatoms. The molecule has 2 heterocycles. The van der Waals surface area contributed by atoms with Crippen molar-refractivity contribution in [2.24, 2.45) is 0 Å². The summed E-state index contributed by atoms with van der Waals surface area (Å²) in [7, 11) is 0. The smallest absolute Gasteiger partial charge is 0.230 e. The number of fused-ring (bicyclic) bond motifs is 1. The Kier molecular flexibility index (Phi) is 3.56. The van der Waals surface area contributed by atoms with E-state index in [4.69, 9.17) is 0 Å². The molecule has 3 aromatic rings. The van der Waals surface area contributed by atoms with E-state index in [1.807, 2.05) is 35.0 Å². The second-order valence-corrected chi connectivity index (χ2v) is 6.29. The third-order valence-corrected chi connectivity index (χ3v) is 4.66. The van der Waals surface area contributed by atoms with Gasteiger partial charge in [-0.25, -0.2) is 9.37 Å². The highest BCUT2D eigenvalue weighted by atomic mass is 19.1. The third kappa shape index (κ3) is 2.66. The summed E-state index contributed by atoms with van der Waals surface area (Å²) in [4.78, 5) is 17.1. The Balaban J connectivity index is 1.39. The zero-order chi connectivity index (χ0) is 16.6. The molecule has 1 aliphatic carbocycles. The van der Waals surface area contributed by atoms with Crippen LogP contribution in [0.3, 0.4) is 0 Å². The topological polar surface area (TPSA) is 46.4 Å². The summed E-state index contributed by atoms with van der Waals surface area (Å²) in [6.07, 6.45) is 6.26. The molecule has 1 N–H and O–H groups in total. The first-order chi connectivity index (χ1) is 11.7. The van der Waals surface area contributed by atoms with Crippen LogP contribution in [0, 0.1) is 5.82 Å². The van der Waals surface area contributed by atoms with E-state index in [1.165, 1.54) is 12.1 Å². The molecule has 24 heavy (non-hydrogen) atoms.